The van der Waals surface area contributed by atoms with Crippen LogP contribution >= 0.6 is 0 Å². The molecule has 0 aromatic heterocycles. The monoisotopic (exact) mass is 386 g/mol. The summed E-state index contributed by atoms with van der Waals surface area (Å²) in [6.07, 6.45) is 5.08. The van der Waals surface area contributed by atoms with E-state index < -0.39 is 0 Å². The highest BCUT2D eigenvalue weighted by Crippen LogP contribution is 2.53. The number of anilines is 2. The average Bonchev–Trinajstić information content (AvgIpc) is 3.39. The predicted molar refractivity (Wildman–Crippen MR) is 111 cm³/mol. The standard InChI is InChI=1S/C24H22N2O3/c1-13-4-3-5-14(2)21(13)25-22(27)15-8-10-18(11-9-15)26-23(28)19-16-6-7-17(12-16)20(19)24(26)29/h3-11,16-17,19-20H,12H2,1-2H3,(H,25,27)/t16-,17+,19+,20-. The molecule has 2 aromatic carbocycles. The number of aryl methyl sites for hydroxylation is 2. The third-order valence-corrected chi connectivity index (χ3v) is 6.58. The van der Waals surface area contributed by atoms with Gasteiger partial charge in [-0.1, -0.05) is 30.4 Å². The molecule has 5 nitrogen and oxygen atoms in total. The molecule has 1 N–H and O–H groups in total. The van der Waals surface area contributed by atoms with Gasteiger partial charge in [-0.15, -0.1) is 0 Å². The van der Waals surface area contributed by atoms with Gasteiger partial charge in [0.25, 0.3) is 5.91 Å². The number of hydrogen-bond acceptors (Lipinski definition) is 3. The van der Waals surface area contributed by atoms with Crippen molar-refractivity contribution >= 4 is 29.1 Å². The van der Waals surface area contributed by atoms with Crippen LogP contribution in [0.25, 0.3) is 0 Å². The van der Waals surface area contributed by atoms with E-state index >= 15 is 0 Å². The van der Waals surface area contributed by atoms with E-state index in [4.69, 9.17) is 0 Å². The number of allylic oxidation sites excluding steroid dienone is 2. The lowest BCUT2D eigenvalue weighted by molar-refractivity contribution is -0.123. The van der Waals surface area contributed by atoms with Crippen molar-refractivity contribution in [3.05, 3.63) is 71.3 Å². The number of fused-ring (bicyclic) bond motifs is 5. The highest BCUT2D eigenvalue weighted by Gasteiger charge is 2.59. The summed E-state index contributed by atoms with van der Waals surface area (Å²) in [7, 11) is 0. The van der Waals surface area contributed by atoms with Gasteiger partial charge in [-0.2, -0.15) is 0 Å². The average molecular weight is 386 g/mol. The second-order valence-corrected chi connectivity index (χ2v) is 8.28. The van der Waals surface area contributed by atoms with Crippen LogP contribution in [0.1, 0.15) is 27.9 Å². The Morgan fingerprint density at radius 1 is 0.897 bits per heavy atom. The van der Waals surface area contributed by atoms with E-state index in [-0.39, 0.29) is 41.4 Å². The van der Waals surface area contributed by atoms with E-state index in [0.717, 1.165) is 23.2 Å². The second-order valence-electron chi connectivity index (χ2n) is 8.28. The van der Waals surface area contributed by atoms with E-state index in [2.05, 4.69) is 17.5 Å². The van der Waals surface area contributed by atoms with Crippen molar-refractivity contribution in [3.8, 4) is 0 Å². The van der Waals surface area contributed by atoms with Crippen molar-refractivity contribution in [1.29, 1.82) is 0 Å². The summed E-state index contributed by atoms with van der Waals surface area (Å²) in [4.78, 5) is 39.8. The molecule has 1 heterocycles. The van der Waals surface area contributed by atoms with Crippen molar-refractivity contribution < 1.29 is 14.4 Å². The van der Waals surface area contributed by atoms with Gasteiger partial charge < -0.3 is 5.32 Å². The zero-order valence-electron chi connectivity index (χ0n) is 16.4. The third-order valence-electron chi connectivity index (χ3n) is 6.58. The van der Waals surface area contributed by atoms with Gasteiger partial charge in [0.1, 0.15) is 0 Å². The Morgan fingerprint density at radius 2 is 1.45 bits per heavy atom. The van der Waals surface area contributed by atoms with Crippen molar-refractivity contribution in [2.24, 2.45) is 23.7 Å². The van der Waals surface area contributed by atoms with Crippen LogP contribution in [0.3, 0.4) is 0 Å². The third kappa shape index (κ3) is 2.64. The highest BCUT2D eigenvalue weighted by molar-refractivity contribution is 6.23. The van der Waals surface area contributed by atoms with Crippen LogP contribution in [0, 0.1) is 37.5 Å². The number of nitrogens with zero attached hydrogens (tertiary/aromatic N) is 1. The largest absolute Gasteiger partial charge is 0.322 e. The van der Waals surface area contributed by atoms with Crippen LogP contribution in [0.4, 0.5) is 11.4 Å². The van der Waals surface area contributed by atoms with Crippen molar-refractivity contribution in [2.45, 2.75) is 20.3 Å². The Hall–Kier alpha value is -3.21. The number of benzene rings is 2. The number of hydrogen-bond donors (Lipinski definition) is 1. The fraction of sp³-hybridized carbons (Fsp3) is 0.292. The van der Waals surface area contributed by atoms with Gasteiger partial charge in [-0.05, 0) is 67.5 Å². The second kappa shape index (κ2) is 6.41. The Morgan fingerprint density at radius 3 is 2.00 bits per heavy atom. The number of imide groups is 1. The summed E-state index contributed by atoms with van der Waals surface area (Å²) in [5, 5.41) is 2.96. The van der Waals surface area contributed by atoms with E-state index in [9.17, 15) is 14.4 Å². The lowest BCUT2D eigenvalue weighted by Gasteiger charge is -2.17. The van der Waals surface area contributed by atoms with Crippen LogP contribution in [0.5, 0.6) is 0 Å². The predicted octanol–water partition coefficient (Wildman–Crippen LogP) is 3.87. The number of para-hydroxylation sites is 1. The minimum atomic E-state index is -0.218. The maximum absolute atomic E-state index is 12.9. The lowest BCUT2D eigenvalue weighted by Crippen LogP contribution is -2.32. The van der Waals surface area contributed by atoms with E-state index in [1.165, 1.54) is 4.90 Å². The molecule has 0 unspecified atom stereocenters. The van der Waals surface area contributed by atoms with E-state index in [1.807, 2.05) is 32.0 Å². The molecule has 5 heteroatoms. The molecule has 2 aromatic rings. The first-order chi connectivity index (χ1) is 14.0. The molecule has 3 amide bonds. The SMILES string of the molecule is Cc1cccc(C)c1NC(=O)c1ccc(N2C(=O)[C@@H]3[C@H](C2=O)[C@H]2C=C[C@@H]3C2)cc1. The molecular formula is C24H22N2O3. The van der Waals surface area contributed by atoms with Crippen molar-refractivity contribution in [3.63, 3.8) is 0 Å². The van der Waals surface area contributed by atoms with Crippen LogP contribution in [-0.2, 0) is 9.59 Å². The molecule has 2 fully saturated rings. The Labute approximate surface area is 169 Å². The van der Waals surface area contributed by atoms with Gasteiger partial charge in [0.15, 0.2) is 0 Å². The molecule has 0 spiro atoms. The number of carbonyl (C=O) groups excluding carboxylic acids is 3. The summed E-state index contributed by atoms with van der Waals surface area (Å²) in [5.74, 6) is -0.488. The Bertz CT molecular complexity index is 1020. The highest BCUT2D eigenvalue weighted by atomic mass is 16.2. The minimum absolute atomic E-state index is 0.107. The zero-order valence-corrected chi connectivity index (χ0v) is 16.4. The first-order valence-electron chi connectivity index (χ1n) is 9.99. The first kappa shape index (κ1) is 17.9. The normalized spacial score (nSPS) is 26.9. The van der Waals surface area contributed by atoms with Crippen LogP contribution in [-0.4, -0.2) is 17.7 Å². The molecule has 1 saturated carbocycles. The van der Waals surface area contributed by atoms with Gasteiger partial charge in [0.05, 0.1) is 17.5 Å². The smallest absolute Gasteiger partial charge is 0.255 e. The molecule has 1 saturated heterocycles. The van der Waals surface area contributed by atoms with Crippen LogP contribution in [0.15, 0.2) is 54.6 Å². The number of nitrogens with one attached hydrogen (secondary N) is 1. The van der Waals surface area contributed by atoms with Crippen molar-refractivity contribution in [1.82, 2.24) is 0 Å². The molecule has 1 aliphatic heterocycles. The maximum atomic E-state index is 12.9. The topological polar surface area (TPSA) is 66.5 Å². The fourth-order valence-electron chi connectivity index (χ4n) is 5.12. The van der Waals surface area contributed by atoms with Gasteiger partial charge in [0, 0.05) is 11.3 Å². The Kier molecular flexibility index (Phi) is 3.95. The minimum Gasteiger partial charge on any atom is -0.322 e. The quantitative estimate of drug-likeness (QED) is 0.643. The summed E-state index contributed by atoms with van der Waals surface area (Å²) in [6, 6.07) is 12.6. The maximum Gasteiger partial charge on any atom is 0.255 e. The first-order valence-corrected chi connectivity index (χ1v) is 9.99. The van der Waals surface area contributed by atoms with Crippen molar-refractivity contribution in [2.75, 3.05) is 10.2 Å². The molecule has 29 heavy (non-hydrogen) atoms. The molecular weight excluding hydrogens is 364 g/mol. The molecule has 0 radical (unpaired) electrons. The Balaban J connectivity index is 1.36. The molecule has 4 atom stereocenters. The molecule has 2 bridgehead atoms. The number of amides is 3. The molecule has 5 rings (SSSR count). The number of rotatable bonds is 3. The van der Waals surface area contributed by atoms with Gasteiger partial charge >= 0.3 is 0 Å². The van der Waals surface area contributed by atoms with Crippen LogP contribution < -0.4 is 10.2 Å². The molecule has 146 valence electrons. The molecule has 2 aliphatic carbocycles. The van der Waals surface area contributed by atoms with Gasteiger partial charge in [-0.3, -0.25) is 19.3 Å². The zero-order chi connectivity index (χ0) is 20.3. The summed E-state index contributed by atoms with van der Waals surface area (Å²) < 4.78 is 0. The van der Waals surface area contributed by atoms with Crippen LogP contribution in [0.2, 0.25) is 0 Å². The summed E-state index contributed by atoms with van der Waals surface area (Å²) in [6.45, 7) is 3.91. The fourth-order valence-corrected chi connectivity index (χ4v) is 5.12. The molecule has 3 aliphatic rings. The number of carbonyl (C=O) groups is 3. The summed E-state index contributed by atoms with van der Waals surface area (Å²) >= 11 is 0. The summed E-state index contributed by atoms with van der Waals surface area (Å²) in [5.41, 5.74) is 3.83. The van der Waals surface area contributed by atoms with E-state index in [1.54, 1.807) is 24.3 Å². The van der Waals surface area contributed by atoms with E-state index in [0.29, 0.717) is 11.3 Å². The van der Waals surface area contributed by atoms with Gasteiger partial charge in [0.2, 0.25) is 11.8 Å². The van der Waals surface area contributed by atoms with Gasteiger partial charge in [-0.25, -0.2) is 0 Å². The lowest BCUT2D eigenvalue weighted by atomic mass is 9.85.